The molecule has 1 aliphatic heterocycles. The number of carbonyl (C=O) groups excluding carboxylic acids is 1. The molecule has 5 nitrogen and oxygen atoms in total. The standard InChI is InChI=1S/C15H12FN3O2/c1-19-12(14(20)18-15(19)17)8-11-6-7-13(21-11)9-2-4-10(16)5-3-9/h2-8H,1H3,(H2,17,18,20)/b12-8+. The Bertz CT molecular complexity index is 747. The maximum absolute atomic E-state index is 12.9. The Kier molecular flexibility index (Phi) is 3.06. The number of nitrogens with zero attached hydrogens (tertiary/aromatic N) is 1. The van der Waals surface area contributed by atoms with Crippen LogP contribution in [0.1, 0.15) is 5.76 Å². The molecule has 1 amide bonds. The number of likely N-dealkylation sites (N-methyl/N-ethyl adjacent to an activating group) is 1. The number of guanidine groups is 1. The molecular formula is C15H12FN3O2. The highest BCUT2D eigenvalue weighted by Gasteiger charge is 2.27. The molecule has 106 valence electrons. The van der Waals surface area contributed by atoms with Crippen molar-refractivity contribution in [2.24, 2.45) is 0 Å². The van der Waals surface area contributed by atoms with Gasteiger partial charge in [0.15, 0.2) is 0 Å². The van der Waals surface area contributed by atoms with Crippen LogP contribution in [0.2, 0.25) is 0 Å². The minimum absolute atomic E-state index is 0.0246. The Morgan fingerprint density at radius 3 is 2.57 bits per heavy atom. The van der Waals surface area contributed by atoms with Gasteiger partial charge in [0.2, 0.25) is 5.96 Å². The summed E-state index contributed by atoms with van der Waals surface area (Å²) in [6, 6.07) is 9.42. The normalized spacial score (nSPS) is 16.7. The second-order valence-corrected chi connectivity index (χ2v) is 4.60. The van der Waals surface area contributed by atoms with Crippen LogP contribution >= 0.6 is 0 Å². The van der Waals surface area contributed by atoms with E-state index in [0.717, 1.165) is 5.56 Å². The van der Waals surface area contributed by atoms with Crippen LogP contribution in [-0.4, -0.2) is 23.8 Å². The number of carbonyl (C=O) groups is 1. The van der Waals surface area contributed by atoms with Gasteiger partial charge in [0, 0.05) is 18.7 Å². The summed E-state index contributed by atoms with van der Waals surface area (Å²) in [5.74, 6) is 0.438. The molecule has 0 radical (unpaired) electrons. The second-order valence-electron chi connectivity index (χ2n) is 4.60. The van der Waals surface area contributed by atoms with Crippen molar-refractivity contribution in [1.29, 1.82) is 5.41 Å². The number of benzene rings is 1. The average Bonchev–Trinajstić information content (AvgIpc) is 3.01. The fraction of sp³-hybridized carbons (Fsp3) is 0.0667. The van der Waals surface area contributed by atoms with Gasteiger partial charge in [0.1, 0.15) is 23.0 Å². The lowest BCUT2D eigenvalue weighted by Crippen LogP contribution is -2.25. The summed E-state index contributed by atoms with van der Waals surface area (Å²) in [6.45, 7) is 0. The van der Waals surface area contributed by atoms with E-state index in [0.29, 0.717) is 17.2 Å². The fourth-order valence-electron chi connectivity index (χ4n) is 2.03. The van der Waals surface area contributed by atoms with Gasteiger partial charge < -0.3 is 9.32 Å². The average molecular weight is 285 g/mol. The summed E-state index contributed by atoms with van der Waals surface area (Å²) < 4.78 is 18.5. The van der Waals surface area contributed by atoms with E-state index in [4.69, 9.17) is 9.83 Å². The number of halogens is 1. The number of hydrogen-bond donors (Lipinski definition) is 2. The van der Waals surface area contributed by atoms with Gasteiger partial charge in [-0.25, -0.2) is 4.39 Å². The third-order valence-electron chi connectivity index (χ3n) is 3.20. The summed E-state index contributed by atoms with van der Waals surface area (Å²) in [6.07, 6.45) is 1.56. The van der Waals surface area contributed by atoms with E-state index in [1.165, 1.54) is 17.0 Å². The molecule has 2 aromatic rings. The first-order chi connectivity index (χ1) is 10.0. The molecule has 1 aliphatic rings. The molecule has 0 spiro atoms. The predicted octanol–water partition coefficient (Wildman–Crippen LogP) is 2.42. The highest BCUT2D eigenvalue weighted by atomic mass is 19.1. The lowest BCUT2D eigenvalue weighted by Gasteiger charge is -2.07. The molecule has 0 aliphatic carbocycles. The molecule has 6 heteroatoms. The minimum atomic E-state index is -0.345. The van der Waals surface area contributed by atoms with Crippen LogP contribution in [0.15, 0.2) is 46.5 Å². The smallest absolute Gasteiger partial charge is 0.274 e. The summed E-state index contributed by atoms with van der Waals surface area (Å²) in [7, 11) is 1.62. The Hall–Kier alpha value is -2.89. The van der Waals surface area contributed by atoms with Crippen LogP contribution < -0.4 is 5.32 Å². The summed E-state index contributed by atoms with van der Waals surface area (Å²) in [5.41, 5.74) is 1.08. The van der Waals surface area contributed by atoms with Crippen molar-refractivity contribution in [2.75, 3.05) is 7.05 Å². The van der Waals surface area contributed by atoms with E-state index >= 15 is 0 Å². The zero-order valence-electron chi connectivity index (χ0n) is 11.2. The Balaban J connectivity index is 1.90. The van der Waals surface area contributed by atoms with Gasteiger partial charge in [-0.2, -0.15) is 0 Å². The van der Waals surface area contributed by atoms with E-state index in [1.807, 2.05) is 0 Å². The molecule has 1 aromatic heterocycles. The van der Waals surface area contributed by atoms with Gasteiger partial charge in [-0.15, -0.1) is 0 Å². The van der Waals surface area contributed by atoms with Gasteiger partial charge in [-0.1, -0.05) is 0 Å². The predicted molar refractivity (Wildman–Crippen MR) is 75.7 cm³/mol. The lowest BCUT2D eigenvalue weighted by atomic mass is 10.2. The van der Waals surface area contributed by atoms with Crippen LogP contribution in [0.25, 0.3) is 17.4 Å². The van der Waals surface area contributed by atoms with Crippen molar-refractivity contribution in [2.45, 2.75) is 0 Å². The third kappa shape index (κ3) is 2.43. The summed E-state index contributed by atoms with van der Waals surface area (Å²) >= 11 is 0. The van der Waals surface area contributed by atoms with Crippen LogP contribution in [0, 0.1) is 11.2 Å². The number of furan rings is 1. The third-order valence-corrected chi connectivity index (χ3v) is 3.20. The van der Waals surface area contributed by atoms with Crippen LogP contribution in [0.3, 0.4) is 0 Å². The topological polar surface area (TPSA) is 69.3 Å². The lowest BCUT2D eigenvalue weighted by molar-refractivity contribution is -0.115. The maximum Gasteiger partial charge on any atom is 0.274 e. The summed E-state index contributed by atoms with van der Waals surface area (Å²) in [5, 5.41) is 9.93. The molecule has 0 saturated carbocycles. The van der Waals surface area contributed by atoms with E-state index in [-0.39, 0.29) is 17.7 Å². The first-order valence-corrected chi connectivity index (χ1v) is 6.26. The Labute approximate surface area is 120 Å². The zero-order chi connectivity index (χ0) is 15.0. The SMILES string of the molecule is CN1C(=N)NC(=O)/C1=C\c1ccc(-c2ccc(F)cc2)o1. The molecule has 2 N–H and O–H groups in total. The van der Waals surface area contributed by atoms with Crippen LogP contribution in [0.4, 0.5) is 4.39 Å². The van der Waals surface area contributed by atoms with Crippen molar-refractivity contribution in [3.63, 3.8) is 0 Å². The van der Waals surface area contributed by atoms with Crippen LogP contribution in [-0.2, 0) is 4.79 Å². The Morgan fingerprint density at radius 2 is 1.95 bits per heavy atom. The molecule has 0 unspecified atom stereocenters. The quantitative estimate of drug-likeness (QED) is 0.833. The van der Waals surface area contributed by atoms with Crippen molar-refractivity contribution in [1.82, 2.24) is 10.2 Å². The molecule has 0 bridgehead atoms. The number of rotatable bonds is 2. The van der Waals surface area contributed by atoms with Gasteiger partial charge in [-0.3, -0.25) is 15.5 Å². The highest BCUT2D eigenvalue weighted by molar-refractivity contribution is 6.14. The van der Waals surface area contributed by atoms with E-state index in [9.17, 15) is 9.18 Å². The molecule has 21 heavy (non-hydrogen) atoms. The van der Waals surface area contributed by atoms with E-state index in [1.54, 1.807) is 37.4 Å². The van der Waals surface area contributed by atoms with Crippen molar-refractivity contribution >= 4 is 17.9 Å². The first-order valence-electron chi connectivity index (χ1n) is 6.26. The molecule has 1 aromatic carbocycles. The second kappa shape index (κ2) is 4.90. The van der Waals surface area contributed by atoms with Crippen molar-refractivity contribution < 1.29 is 13.6 Å². The minimum Gasteiger partial charge on any atom is -0.457 e. The van der Waals surface area contributed by atoms with Gasteiger partial charge in [0.25, 0.3) is 5.91 Å². The van der Waals surface area contributed by atoms with Gasteiger partial charge >= 0.3 is 0 Å². The van der Waals surface area contributed by atoms with Crippen molar-refractivity contribution in [3.05, 3.63) is 53.7 Å². The van der Waals surface area contributed by atoms with Crippen LogP contribution in [0.5, 0.6) is 0 Å². The largest absolute Gasteiger partial charge is 0.457 e. The first kappa shape index (κ1) is 13.1. The van der Waals surface area contributed by atoms with Gasteiger partial charge in [0.05, 0.1) is 0 Å². The number of amides is 1. The monoisotopic (exact) mass is 285 g/mol. The molecule has 1 saturated heterocycles. The molecule has 3 rings (SSSR count). The zero-order valence-corrected chi connectivity index (χ0v) is 11.2. The van der Waals surface area contributed by atoms with E-state index in [2.05, 4.69) is 5.32 Å². The molecule has 1 fully saturated rings. The fourth-order valence-corrected chi connectivity index (χ4v) is 2.03. The molecule has 2 heterocycles. The van der Waals surface area contributed by atoms with Gasteiger partial charge in [-0.05, 0) is 36.4 Å². The molecular weight excluding hydrogens is 273 g/mol. The maximum atomic E-state index is 12.9. The number of nitrogens with one attached hydrogen (secondary N) is 2. The summed E-state index contributed by atoms with van der Waals surface area (Å²) in [4.78, 5) is 13.1. The van der Waals surface area contributed by atoms with E-state index < -0.39 is 0 Å². The van der Waals surface area contributed by atoms with Crippen molar-refractivity contribution in [3.8, 4) is 11.3 Å². The highest BCUT2D eigenvalue weighted by Crippen LogP contribution is 2.24. The molecule has 0 atom stereocenters. The number of hydrogen-bond acceptors (Lipinski definition) is 3. The Morgan fingerprint density at radius 1 is 1.24 bits per heavy atom.